The minimum absolute atomic E-state index is 0.718. The van der Waals surface area contributed by atoms with Crippen LogP contribution in [-0.4, -0.2) is 4.98 Å². The number of nitrogens with one attached hydrogen (secondary N) is 1. The Bertz CT molecular complexity index is 529. The summed E-state index contributed by atoms with van der Waals surface area (Å²) in [7, 11) is 0. The van der Waals surface area contributed by atoms with Crippen LogP contribution < -0.4 is 5.32 Å². The highest BCUT2D eigenvalue weighted by atomic mass is 79.9. The molecule has 0 fully saturated rings. The van der Waals surface area contributed by atoms with E-state index in [4.69, 9.17) is 11.6 Å². The molecule has 0 unspecified atom stereocenters. The first-order valence-electron chi connectivity index (χ1n) is 5.25. The van der Waals surface area contributed by atoms with E-state index >= 15 is 0 Å². The number of aromatic nitrogens is 1. The van der Waals surface area contributed by atoms with Crippen LogP contribution >= 0.6 is 27.5 Å². The third kappa shape index (κ3) is 3.45. The molecule has 2 rings (SSSR count). The maximum atomic E-state index is 5.93. The summed E-state index contributed by atoms with van der Waals surface area (Å²) in [6.07, 6.45) is 1.79. The predicted octanol–water partition coefficient (Wildman–Crippen LogP) is 4.42. The van der Waals surface area contributed by atoms with E-state index in [1.54, 1.807) is 6.20 Å². The van der Waals surface area contributed by atoms with Gasteiger partial charge < -0.3 is 5.32 Å². The molecule has 0 saturated heterocycles. The van der Waals surface area contributed by atoms with Crippen molar-refractivity contribution in [1.29, 1.82) is 0 Å². The van der Waals surface area contributed by atoms with Gasteiger partial charge in [0, 0.05) is 22.2 Å². The highest BCUT2D eigenvalue weighted by molar-refractivity contribution is 9.10. The van der Waals surface area contributed by atoms with Crippen LogP contribution in [0.5, 0.6) is 0 Å². The first kappa shape index (κ1) is 12.4. The molecule has 0 saturated carbocycles. The van der Waals surface area contributed by atoms with Gasteiger partial charge in [-0.25, -0.2) is 4.98 Å². The highest BCUT2D eigenvalue weighted by Crippen LogP contribution is 2.18. The molecule has 2 nitrogen and oxygen atoms in total. The molecule has 17 heavy (non-hydrogen) atoms. The Morgan fingerprint density at radius 2 is 2.18 bits per heavy atom. The topological polar surface area (TPSA) is 24.9 Å². The molecule has 0 spiro atoms. The molecule has 1 N–H and O–H groups in total. The molecule has 0 atom stereocenters. The van der Waals surface area contributed by atoms with Crippen LogP contribution in [0.4, 0.5) is 5.82 Å². The van der Waals surface area contributed by atoms with Crippen molar-refractivity contribution in [2.75, 3.05) is 5.32 Å². The highest BCUT2D eigenvalue weighted by Gasteiger charge is 2.00. The number of hydrogen-bond acceptors (Lipinski definition) is 2. The lowest BCUT2D eigenvalue weighted by Gasteiger charge is -2.08. The van der Waals surface area contributed by atoms with Crippen molar-refractivity contribution in [3.63, 3.8) is 0 Å². The molecule has 88 valence electrons. The average molecular weight is 312 g/mol. The van der Waals surface area contributed by atoms with Crippen LogP contribution in [0.25, 0.3) is 0 Å². The lowest BCUT2D eigenvalue weighted by molar-refractivity contribution is 1.09. The smallest absolute Gasteiger partial charge is 0.129 e. The van der Waals surface area contributed by atoms with Gasteiger partial charge in [-0.05, 0) is 52.2 Å². The first-order chi connectivity index (χ1) is 8.15. The maximum absolute atomic E-state index is 5.93. The zero-order chi connectivity index (χ0) is 12.3. The molecule has 1 aromatic heterocycles. The summed E-state index contributed by atoms with van der Waals surface area (Å²) in [5.41, 5.74) is 2.25. The standard InChI is InChI=1S/C13H12BrClN2/c1-9-5-11(14)8-17-13(9)16-7-10-3-2-4-12(15)6-10/h2-6,8H,7H2,1H3,(H,16,17). The number of aryl methyl sites for hydroxylation is 1. The molecule has 1 aromatic carbocycles. The minimum atomic E-state index is 0.718. The first-order valence-corrected chi connectivity index (χ1v) is 6.43. The number of rotatable bonds is 3. The molecule has 0 aliphatic rings. The van der Waals surface area contributed by atoms with Gasteiger partial charge in [0.2, 0.25) is 0 Å². The van der Waals surface area contributed by atoms with Crippen LogP contribution in [-0.2, 0) is 6.54 Å². The van der Waals surface area contributed by atoms with Crippen molar-refractivity contribution in [1.82, 2.24) is 4.98 Å². The second-order valence-electron chi connectivity index (χ2n) is 3.80. The normalized spacial score (nSPS) is 10.3. The molecular weight excluding hydrogens is 300 g/mol. The average Bonchev–Trinajstić information content (AvgIpc) is 2.28. The predicted molar refractivity (Wildman–Crippen MR) is 75.5 cm³/mol. The van der Waals surface area contributed by atoms with Crippen molar-refractivity contribution in [3.05, 3.63) is 57.2 Å². The molecule has 0 aliphatic carbocycles. The zero-order valence-electron chi connectivity index (χ0n) is 9.37. The molecule has 0 radical (unpaired) electrons. The van der Waals surface area contributed by atoms with Crippen LogP contribution in [0.2, 0.25) is 5.02 Å². The molecule has 4 heteroatoms. The Morgan fingerprint density at radius 3 is 2.88 bits per heavy atom. The van der Waals surface area contributed by atoms with Gasteiger partial charge in [-0.15, -0.1) is 0 Å². The Labute approximate surface area is 114 Å². The van der Waals surface area contributed by atoms with E-state index in [2.05, 4.69) is 26.2 Å². The van der Waals surface area contributed by atoms with Gasteiger partial charge in [0.15, 0.2) is 0 Å². The van der Waals surface area contributed by atoms with Gasteiger partial charge in [-0.2, -0.15) is 0 Å². The van der Waals surface area contributed by atoms with E-state index in [9.17, 15) is 0 Å². The van der Waals surface area contributed by atoms with Crippen LogP contribution in [0, 0.1) is 6.92 Å². The third-order valence-electron chi connectivity index (χ3n) is 2.39. The molecule has 2 aromatic rings. The largest absolute Gasteiger partial charge is 0.366 e. The fourth-order valence-corrected chi connectivity index (χ4v) is 2.22. The number of benzene rings is 1. The van der Waals surface area contributed by atoms with E-state index in [1.165, 1.54) is 0 Å². The van der Waals surface area contributed by atoms with E-state index < -0.39 is 0 Å². The lowest BCUT2D eigenvalue weighted by Crippen LogP contribution is -2.02. The van der Waals surface area contributed by atoms with Crippen molar-refractivity contribution in [2.45, 2.75) is 13.5 Å². The summed E-state index contributed by atoms with van der Waals surface area (Å²) in [4.78, 5) is 4.32. The van der Waals surface area contributed by atoms with Crippen molar-refractivity contribution in [2.24, 2.45) is 0 Å². The van der Waals surface area contributed by atoms with Gasteiger partial charge in [0.05, 0.1) is 0 Å². The third-order valence-corrected chi connectivity index (χ3v) is 3.06. The maximum Gasteiger partial charge on any atom is 0.129 e. The second kappa shape index (κ2) is 5.52. The number of hydrogen-bond donors (Lipinski definition) is 1. The molecule has 0 aliphatic heterocycles. The Kier molecular flexibility index (Phi) is 4.02. The van der Waals surface area contributed by atoms with E-state index in [0.29, 0.717) is 0 Å². The Balaban J connectivity index is 2.07. The van der Waals surface area contributed by atoms with Gasteiger partial charge in [0.25, 0.3) is 0 Å². The van der Waals surface area contributed by atoms with Crippen molar-refractivity contribution < 1.29 is 0 Å². The monoisotopic (exact) mass is 310 g/mol. The number of pyridine rings is 1. The van der Waals surface area contributed by atoms with Gasteiger partial charge in [-0.1, -0.05) is 23.7 Å². The fraction of sp³-hybridized carbons (Fsp3) is 0.154. The van der Waals surface area contributed by atoms with Gasteiger partial charge in [-0.3, -0.25) is 0 Å². The van der Waals surface area contributed by atoms with Crippen LogP contribution in [0.15, 0.2) is 41.0 Å². The summed E-state index contributed by atoms with van der Waals surface area (Å²) in [6.45, 7) is 2.74. The van der Waals surface area contributed by atoms with E-state index in [0.717, 1.165) is 33.0 Å². The van der Waals surface area contributed by atoms with Crippen LogP contribution in [0.3, 0.4) is 0 Å². The summed E-state index contributed by atoms with van der Waals surface area (Å²) >= 11 is 9.32. The Hall–Kier alpha value is -1.06. The van der Waals surface area contributed by atoms with Crippen molar-refractivity contribution in [3.8, 4) is 0 Å². The lowest BCUT2D eigenvalue weighted by atomic mass is 10.2. The molecule has 1 heterocycles. The molecule has 0 amide bonds. The van der Waals surface area contributed by atoms with Gasteiger partial charge in [0.1, 0.15) is 5.82 Å². The van der Waals surface area contributed by atoms with E-state index in [1.807, 2.05) is 37.3 Å². The summed E-state index contributed by atoms with van der Waals surface area (Å²) in [5.74, 6) is 0.896. The molecule has 0 bridgehead atoms. The van der Waals surface area contributed by atoms with Crippen molar-refractivity contribution >= 4 is 33.3 Å². The van der Waals surface area contributed by atoms with Gasteiger partial charge >= 0.3 is 0 Å². The quantitative estimate of drug-likeness (QED) is 0.907. The minimum Gasteiger partial charge on any atom is -0.366 e. The van der Waals surface area contributed by atoms with E-state index in [-0.39, 0.29) is 0 Å². The zero-order valence-corrected chi connectivity index (χ0v) is 11.7. The number of nitrogens with zero attached hydrogens (tertiary/aromatic N) is 1. The fourth-order valence-electron chi connectivity index (χ4n) is 1.56. The summed E-state index contributed by atoms with van der Waals surface area (Å²) < 4.78 is 0.989. The number of halogens is 2. The van der Waals surface area contributed by atoms with Crippen LogP contribution in [0.1, 0.15) is 11.1 Å². The molecular formula is C13H12BrClN2. The number of anilines is 1. The summed E-state index contributed by atoms with van der Waals surface area (Å²) in [6, 6.07) is 9.83. The second-order valence-corrected chi connectivity index (χ2v) is 5.15. The SMILES string of the molecule is Cc1cc(Br)cnc1NCc1cccc(Cl)c1. The Morgan fingerprint density at radius 1 is 1.35 bits per heavy atom. The summed E-state index contributed by atoms with van der Waals surface area (Å²) in [5, 5.41) is 4.05.